The maximum Gasteiger partial charge on any atom is 0.183 e. The van der Waals surface area contributed by atoms with Gasteiger partial charge in [-0.3, -0.25) is 0 Å². The summed E-state index contributed by atoms with van der Waals surface area (Å²) in [4.78, 5) is 0. The van der Waals surface area contributed by atoms with Crippen LogP contribution >= 0.6 is 0 Å². The molecule has 0 aliphatic carbocycles. The fourth-order valence-corrected chi connectivity index (χ4v) is 3.45. The van der Waals surface area contributed by atoms with Gasteiger partial charge in [0.15, 0.2) is 8.32 Å². The molecule has 0 atom stereocenters. The highest BCUT2D eigenvalue weighted by Gasteiger charge is 2.13. The Balaban J connectivity index is 3.04. The van der Waals surface area contributed by atoms with Crippen molar-refractivity contribution < 1.29 is 56.5 Å². The standard InChI is InChI=1S/C27H58O12Si/c1-5-28-6-7-29-8-9-30-10-11-31-12-13-32-14-15-33-16-17-34-18-19-35-20-21-36-22-23-37-24-25-38-26-27-39-40(2,3)4/h5-27H2,1-4H3. The molecule has 0 saturated heterocycles. The molecule has 0 aliphatic heterocycles. The lowest BCUT2D eigenvalue weighted by Crippen LogP contribution is -2.27. The third-order valence-corrected chi connectivity index (χ3v) is 5.76. The van der Waals surface area contributed by atoms with Crippen molar-refractivity contribution in [3.8, 4) is 0 Å². The summed E-state index contributed by atoms with van der Waals surface area (Å²) in [5.74, 6) is 0. The average molecular weight is 603 g/mol. The van der Waals surface area contributed by atoms with Gasteiger partial charge in [-0.2, -0.15) is 0 Å². The first-order valence-electron chi connectivity index (χ1n) is 14.6. The Labute approximate surface area is 243 Å². The van der Waals surface area contributed by atoms with E-state index in [0.29, 0.717) is 152 Å². The fourth-order valence-electron chi connectivity index (χ4n) is 2.75. The summed E-state index contributed by atoms with van der Waals surface area (Å²) in [5.41, 5.74) is 0. The highest BCUT2D eigenvalue weighted by atomic mass is 28.4. The van der Waals surface area contributed by atoms with E-state index in [-0.39, 0.29) is 0 Å². The topological polar surface area (TPSA) is 111 Å². The van der Waals surface area contributed by atoms with E-state index in [4.69, 9.17) is 56.5 Å². The lowest BCUT2D eigenvalue weighted by molar-refractivity contribution is -0.0276. The van der Waals surface area contributed by atoms with Crippen molar-refractivity contribution in [3.05, 3.63) is 0 Å². The van der Waals surface area contributed by atoms with Gasteiger partial charge >= 0.3 is 0 Å². The van der Waals surface area contributed by atoms with Gasteiger partial charge < -0.3 is 56.5 Å². The molecule has 0 bridgehead atoms. The molecular weight excluding hydrogens is 544 g/mol. The molecule has 0 heterocycles. The monoisotopic (exact) mass is 602 g/mol. The van der Waals surface area contributed by atoms with Crippen LogP contribution in [0.4, 0.5) is 0 Å². The third kappa shape index (κ3) is 37.7. The molecule has 0 rings (SSSR count). The highest BCUT2D eigenvalue weighted by Crippen LogP contribution is 2.01. The molecule has 0 amide bonds. The van der Waals surface area contributed by atoms with Gasteiger partial charge in [-0.05, 0) is 26.6 Å². The van der Waals surface area contributed by atoms with Crippen LogP contribution in [0.3, 0.4) is 0 Å². The van der Waals surface area contributed by atoms with Gasteiger partial charge in [-0.25, -0.2) is 0 Å². The Morgan fingerprint density at radius 2 is 0.450 bits per heavy atom. The quantitative estimate of drug-likeness (QED) is 0.0782. The second-order valence-electron chi connectivity index (χ2n) is 9.28. The van der Waals surface area contributed by atoms with Crippen LogP contribution in [0.5, 0.6) is 0 Å². The molecule has 0 aromatic rings. The van der Waals surface area contributed by atoms with Crippen LogP contribution in [0, 0.1) is 0 Å². The maximum absolute atomic E-state index is 5.71. The SMILES string of the molecule is CCOCCOCCOCCOCCOCCOCCOCCOCCOCCOCCOCCO[Si](C)(C)C. The van der Waals surface area contributed by atoms with Crippen LogP contribution in [0.25, 0.3) is 0 Å². The largest absolute Gasteiger partial charge is 0.415 e. The van der Waals surface area contributed by atoms with Crippen molar-refractivity contribution in [2.24, 2.45) is 0 Å². The van der Waals surface area contributed by atoms with Crippen molar-refractivity contribution in [1.82, 2.24) is 0 Å². The molecular formula is C27H58O12Si. The van der Waals surface area contributed by atoms with Crippen LogP contribution in [-0.2, 0) is 56.5 Å². The van der Waals surface area contributed by atoms with Gasteiger partial charge in [0.1, 0.15) is 0 Å². The smallest absolute Gasteiger partial charge is 0.183 e. The summed E-state index contributed by atoms with van der Waals surface area (Å²) in [7, 11) is -1.45. The van der Waals surface area contributed by atoms with Crippen LogP contribution in [0.2, 0.25) is 19.6 Å². The molecule has 0 spiro atoms. The van der Waals surface area contributed by atoms with E-state index in [1.165, 1.54) is 0 Å². The summed E-state index contributed by atoms with van der Waals surface area (Å²) < 4.78 is 65.4. The van der Waals surface area contributed by atoms with Crippen molar-refractivity contribution in [3.63, 3.8) is 0 Å². The molecule has 12 nitrogen and oxygen atoms in total. The number of hydrogen-bond acceptors (Lipinski definition) is 12. The summed E-state index contributed by atoms with van der Waals surface area (Å²) in [6, 6.07) is 0. The fraction of sp³-hybridized carbons (Fsp3) is 1.00. The van der Waals surface area contributed by atoms with E-state index < -0.39 is 8.32 Å². The molecule has 242 valence electrons. The zero-order chi connectivity index (χ0) is 29.2. The van der Waals surface area contributed by atoms with Crippen molar-refractivity contribution in [2.45, 2.75) is 26.6 Å². The Kier molecular flexibility index (Phi) is 33.0. The minimum absolute atomic E-state index is 0.521. The van der Waals surface area contributed by atoms with E-state index in [2.05, 4.69) is 19.6 Å². The van der Waals surface area contributed by atoms with Gasteiger partial charge in [0.2, 0.25) is 0 Å². The molecule has 40 heavy (non-hydrogen) atoms. The van der Waals surface area contributed by atoms with Gasteiger partial charge in [0.05, 0.1) is 145 Å². The summed E-state index contributed by atoms with van der Waals surface area (Å²) >= 11 is 0. The highest BCUT2D eigenvalue weighted by molar-refractivity contribution is 6.69. The van der Waals surface area contributed by atoms with E-state index in [0.717, 1.165) is 0 Å². The van der Waals surface area contributed by atoms with Gasteiger partial charge in [0.25, 0.3) is 0 Å². The molecule has 0 unspecified atom stereocenters. The lowest BCUT2D eigenvalue weighted by atomic mass is 10.6. The normalized spacial score (nSPS) is 12.0. The van der Waals surface area contributed by atoms with E-state index in [1.807, 2.05) is 6.92 Å². The molecule has 13 heteroatoms. The molecule has 0 N–H and O–H groups in total. The van der Waals surface area contributed by atoms with Crippen LogP contribution in [0.15, 0.2) is 0 Å². The first kappa shape index (κ1) is 39.7. The first-order chi connectivity index (χ1) is 19.6. The van der Waals surface area contributed by atoms with Crippen molar-refractivity contribution >= 4 is 8.32 Å². The Hall–Kier alpha value is -0.263. The molecule has 0 fully saturated rings. The zero-order valence-electron chi connectivity index (χ0n) is 25.7. The van der Waals surface area contributed by atoms with Crippen molar-refractivity contribution in [2.75, 3.05) is 152 Å². The lowest BCUT2D eigenvalue weighted by Gasteiger charge is -2.16. The second-order valence-corrected chi connectivity index (χ2v) is 13.8. The Morgan fingerprint density at radius 1 is 0.275 bits per heavy atom. The predicted molar refractivity (Wildman–Crippen MR) is 154 cm³/mol. The van der Waals surface area contributed by atoms with Gasteiger partial charge in [-0.15, -0.1) is 0 Å². The van der Waals surface area contributed by atoms with Crippen LogP contribution in [0.1, 0.15) is 6.92 Å². The Morgan fingerprint density at radius 3 is 0.625 bits per heavy atom. The summed E-state index contributed by atoms with van der Waals surface area (Å²) in [6.07, 6.45) is 0. The van der Waals surface area contributed by atoms with Crippen LogP contribution in [-0.4, -0.2) is 160 Å². The van der Waals surface area contributed by atoms with Gasteiger partial charge in [-0.1, -0.05) is 0 Å². The number of rotatable bonds is 35. The summed E-state index contributed by atoms with van der Waals surface area (Å²) in [6.45, 7) is 21.3. The average Bonchev–Trinajstić information content (AvgIpc) is 2.92. The number of ether oxygens (including phenoxy) is 11. The molecule has 0 radical (unpaired) electrons. The molecule has 0 aliphatic rings. The molecule has 0 aromatic heterocycles. The van der Waals surface area contributed by atoms with E-state index >= 15 is 0 Å². The third-order valence-electron chi connectivity index (χ3n) is 4.69. The second kappa shape index (κ2) is 33.2. The van der Waals surface area contributed by atoms with Crippen molar-refractivity contribution in [1.29, 1.82) is 0 Å². The predicted octanol–water partition coefficient (Wildman–Crippen LogP) is 2.04. The molecule has 0 aromatic carbocycles. The Bertz CT molecular complexity index is 471. The van der Waals surface area contributed by atoms with Gasteiger partial charge in [0, 0.05) is 6.61 Å². The van der Waals surface area contributed by atoms with E-state index in [9.17, 15) is 0 Å². The van der Waals surface area contributed by atoms with E-state index in [1.54, 1.807) is 0 Å². The minimum atomic E-state index is -1.45. The summed E-state index contributed by atoms with van der Waals surface area (Å²) in [5, 5.41) is 0. The maximum atomic E-state index is 5.71. The molecule has 0 saturated carbocycles. The zero-order valence-corrected chi connectivity index (χ0v) is 26.7. The van der Waals surface area contributed by atoms with Crippen LogP contribution < -0.4 is 0 Å². The minimum Gasteiger partial charge on any atom is -0.415 e. The number of hydrogen-bond donors (Lipinski definition) is 0. The first-order valence-corrected chi connectivity index (χ1v) is 18.0.